The molecule has 0 bridgehead atoms. The highest BCUT2D eigenvalue weighted by Crippen LogP contribution is 2.14. The maximum absolute atomic E-state index is 10.9. The molecule has 1 N–H and O–H groups in total. The molecule has 3 heteroatoms. The molecule has 78 valence electrons. The van der Waals surface area contributed by atoms with Crippen molar-refractivity contribution in [2.45, 2.75) is 25.7 Å². The van der Waals surface area contributed by atoms with Crippen LogP contribution in [0.15, 0.2) is 29.2 Å². The highest BCUT2D eigenvalue weighted by atomic mass is 32.2. The number of nitrogens with one attached hydrogen (secondary N) is 1. The number of benzene rings is 1. The van der Waals surface area contributed by atoms with Crippen LogP contribution in [0.2, 0.25) is 0 Å². The topological polar surface area (TPSA) is 29.1 Å². The van der Waals surface area contributed by atoms with E-state index in [1.165, 1.54) is 11.9 Å². The van der Waals surface area contributed by atoms with Gasteiger partial charge < -0.3 is 0 Å². The molecule has 0 unspecified atom stereocenters. The lowest BCUT2D eigenvalue weighted by Gasteiger charge is -1.99. The van der Waals surface area contributed by atoms with Gasteiger partial charge in [0, 0.05) is 10.5 Å². The normalized spacial score (nSPS) is 8.86. The molecule has 14 heavy (non-hydrogen) atoms. The second kappa shape index (κ2) is 7.59. The van der Waals surface area contributed by atoms with E-state index in [2.05, 4.69) is 4.72 Å². The summed E-state index contributed by atoms with van der Waals surface area (Å²) in [6, 6.07) is 7.53. The molecule has 1 aromatic carbocycles. The number of carbonyl (C=O) groups excluding carboxylic acids is 1. The third-order valence-electron chi connectivity index (χ3n) is 1.48. The Balaban J connectivity index is 0.000000791. The molecular formula is C11H17NOS. The molecule has 0 atom stereocenters. The molecule has 0 amide bonds. The van der Waals surface area contributed by atoms with Crippen molar-refractivity contribution in [2.75, 3.05) is 7.05 Å². The van der Waals surface area contributed by atoms with E-state index in [1.54, 1.807) is 6.92 Å². The van der Waals surface area contributed by atoms with Gasteiger partial charge in [0.15, 0.2) is 5.78 Å². The molecule has 0 aliphatic carbocycles. The van der Waals surface area contributed by atoms with Crippen LogP contribution in [0.5, 0.6) is 0 Å². The molecule has 1 aromatic rings. The zero-order valence-electron chi connectivity index (χ0n) is 9.13. The van der Waals surface area contributed by atoms with Crippen LogP contribution >= 0.6 is 11.9 Å². The van der Waals surface area contributed by atoms with Crippen LogP contribution in [0, 0.1) is 0 Å². The van der Waals surface area contributed by atoms with Gasteiger partial charge in [-0.25, -0.2) is 0 Å². The van der Waals surface area contributed by atoms with Gasteiger partial charge in [0.2, 0.25) is 0 Å². The Morgan fingerprint density at radius 2 is 1.71 bits per heavy atom. The van der Waals surface area contributed by atoms with Gasteiger partial charge in [-0.2, -0.15) is 0 Å². The molecule has 0 saturated heterocycles. The van der Waals surface area contributed by atoms with Crippen molar-refractivity contribution < 1.29 is 4.79 Å². The van der Waals surface area contributed by atoms with Gasteiger partial charge >= 0.3 is 0 Å². The van der Waals surface area contributed by atoms with E-state index in [9.17, 15) is 4.79 Å². The fourth-order valence-electron chi connectivity index (χ4n) is 0.876. The third kappa shape index (κ3) is 4.44. The lowest BCUT2D eigenvalue weighted by Crippen LogP contribution is -1.93. The van der Waals surface area contributed by atoms with Gasteiger partial charge in [-0.15, -0.1) is 0 Å². The van der Waals surface area contributed by atoms with Crippen molar-refractivity contribution in [1.82, 2.24) is 4.72 Å². The molecule has 0 radical (unpaired) electrons. The minimum atomic E-state index is 0.107. The Morgan fingerprint density at radius 1 is 1.21 bits per heavy atom. The predicted octanol–water partition coefficient (Wildman–Crippen LogP) is 3.14. The Hall–Kier alpha value is -0.800. The van der Waals surface area contributed by atoms with Crippen LogP contribution in [-0.2, 0) is 0 Å². The smallest absolute Gasteiger partial charge is 0.159 e. The van der Waals surface area contributed by atoms with Crippen LogP contribution in [-0.4, -0.2) is 12.8 Å². The van der Waals surface area contributed by atoms with E-state index >= 15 is 0 Å². The summed E-state index contributed by atoms with van der Waals surface area (Å²) in [6.45, 7) is 5.57. The van der Waals surface area contributed by atoms with Gasteiger partial charge in [-0.3, -0.25) is 9.52 Å². The SMILES string of the molecule is CC.CNSc1ccc(C(C)=O)cc1. The minimum absolute atomic E-state index is 0.107. The number of carbonyl (C=O) groups is 1. The Kier molecular flexibility index (Phi) is 7.16. The first-order valence-electron chi connectivity index (χ1n) is 4.68. The van der Waals surface area contributed by atoms with E-state index in [1.807, 2.05) is 45.2 Å². The molecule has 0 saturated carbocycles. The first-order valence-corrected chi connectivity index (χ1v) is 5.50. The second-order valence-electron chi connectivity index (χ2n) is 2.39. The number of ketones is 1. The summed E-state index contributed by atoms with van der Waals surface area (Å²) < 4.78 is 2.96. The summed E-state index contributed by atoms with van der Waals surface area (Å²) in [6.07, 6.45) is 0. The van der Waals surface area contributed by atoms with Gasteiger partial charge in [0.25, 0.3) is 0 Å². The third-order valence-corrected chi connectivity index (χ3v) is 2.19. The minimum Gasteiger partial charge on any atom is -0.295 e. The lowest BCUT2D eigenvalue weighted by molar-refractivity contribution is 0.101. The van der Waals surface area contributed by atoms with Crippen LogP contribution in [0.3, 0.4) is 0 Å². The lowest BCUT2D eigenvalue weighted by atomic mass is 10.2. The predicted molar refractivity (Wildman–Crippen MR) is 62.7 cm³/mol. The van der Waals surface area contributed by atoms with Crippen molar-refractivity contribution in [3.8, 4) is 0 Å². The van der Waals surface area contributed by atoms with E-state index in [-0.39, 0.29) is 5.78 Å². The Labute approximate surface area is 90.2 Å². The van der Waals surface area contributed by atoms with Gasteiger partial charge in [0.1, 0.15) is 0 Å². The number of hydrogen-bond donors (Lipinski definition) is 1. The monoisotopic (exact) mass is 211 g/mol. The highest BCUT2D eigenvalue weighted by molar-refractivity contribution is 7.97. The average Bonchev–Trinajstić information content (AvgIpc) is 2.22. The Morgan fingerprint density at radius 3 is 2.07 bits per heavy atom. The summed E-state index contributed by atoms with van der Waals surface area (Å²) >= 11 is 1.53. The van der Waals surface area contributed by atoms with E-state index in [0.717, 1.165) is 10.5 Å². The van der Waals surface area contributed by atoms with Crippen molar-refractivity contribution in [3.05, 3.63) is 29.8 Å². The second-order valence-corrected chi connectivity index (χ2v) is 3.47. The summed E-state index contributed by atoms with van der Waals surface area (Å²) in [4.78, 5) is 12.0. The standard InChI is InChI=1S/C9H11NOS.C2H6/c1-7(11)8-3-5-9(6-4-8)12-10-2;1-2/h3-6,10H,1-2H3;1-2H3. The van der Waals surface area contributed by atoms with Gasteiger partial charge in [0.05, 0.1) is 0 Å². The van der Waals surface area contributed by atoms with Crippen LogP contribution < -0.4 is 4.72 Å². The van der Waals surface area contributed by atoms with Crippen LogP contribution in [0.25, 0.3) is 0 Å². The molecular weight excluding hydrogens is 194 g/mol. The molecule has 2 nitrogen and oxygen atoms in total. The Bertz CT molecular complexity index is 269. The van der Waals surface area contributed by atoms with E-state index < -0.39 is 0 Å². The molecule has 0 aliphatic heterocycles. The quantitative estimate of drug-likeness (QED) is 0.615. The van der Waals surface area contributed by atoms with Crippen molar-refractivity contribution in [2.24, 2.45) is 0 Å². The van der Waals surface area contributed by atoms with Crippen molar-refractivity contribution in [1.29, 1.82) is 0 Å². The average molecular weight is 211 g/mol. The largest absolute Gasteiger partial charge is 0.295 e. The number of rotatable bonds is 3. The molecule has 0 fully saturated rings. The molecule has 0 spiro atoms. The first kappa shape index (κ1) is 13.2. The molecule has 0 aliphatic rings. The summed E-state index contributed by atoms with van der Waals surface area (Å²) in [5.41, 5.74) is 0.760. The van der Waals surface area contributed by atoms with E-state index in [4.69, 9.17) is 0 Å². The maximum Gasteiger partial charge on any atom is 0.159 e. The van der Waals surface area contributed by atoms with Crippen LogP contribution in [0.1, 0.15) is 31.1 Å². The van der Waals surface area contributed by atoms with Crippen molar-refractivity contribution >= 4 is 17.7 Å². The zero-order valence-corrected chi connectivity index (χ0v) is 9.94. The van der Waals surface area contributed by atoms with Gasteiger partial charge in [-0.1, -0.05) is 26.0 Å². The highest BCUT2D eigenvalue weighted by Gasteiger charge is 1.97. The first-order chi connectivity index (χ1) is 6.74. The maximum atomic E-state index is 10.9. The van der Waals surface area contributed by atoms with Crippen LogP contribution in [0.4, 0.5) is 0 Å². The fraction of sp³-hybridized carbons (Fsp3) is 0.364. The molecule has 0 aromatic heterocycles. The van der Waals surface area contributed by atoms with E-state index in [0.29, 0.717) is 0 Å². The zero-order chi connectivity index (χ0) is 11.0. The summed E-state index contributed by atoms with van der Waals surface area (Å²) in [5.74, 6) is 0.107. The number of hydrogen-bond acceptors (Lipinski definition) is 3. The fourth-order valence-corrected chi connectivity index (χ4v) is 1.38. The molecule has 1 rings (SSSR count). The van der Waals surface area contributed by atoms with Gasteiger partial charge in [-0.05, 0) is 38.1 Å². The number of Topliss-reactive ketones (excluding diaryl/α,β-unsaturated/α-hetero) is 1. The molecule has 0 heterocycles. The van der Waals surface area contributed by atoms with Crippen molar-refractivity contribution in [3.63, 3.8) is 0 Å². The summed E-state index contributed by atoms with van der Waals surface area (Å²) in [7, 11) is 1.86. The summed E-state index contributed by atoms with van der Waals surface area (Å²) in [5, 5.41) is 0.